The number of Topliss-reactive ketones (excluding diaryl/α,β-unsaturated/α-hetero) is 1. The molecule has 2 aromatic carbocycles. The molecule has 1 aliphatic rings. The van der Waals surface area contributed by atoms with E-state index in [1.54, 1.807) is 0 Å². The van der Waals surface area contributed by atoms with Crippen LogP contribution in [0.3, 0.4) is 0 Å². The van der Waals surface area contributed by atoms with Gasteiger partial charge in [0, 0.05) is 31.0 Å². The van der Waals surface area contributed by atoms with Crippen molar-refractivity contribution in [3.63, 3.8) is 0 Å². The quantitative estimate of drug-likeness (QED) is 0.681. The molecule has 27 heavy (non-hydrogen) atoms. The molecule has 0 aromatic heterocycles. The molecular formula is C23H27NO3. The summed E-state index contributed by atoms with van der Waals surface area (Å²) >= 11 is 0. The topological polar surface area (TPSA) is 46.6 Å². The van der Waals surface area contributed by atoms with Crippen LogP contribution < -0.4 is 4.74 Å². The van der Waals surface area contributed by atoms with Gasteiger partial charge in [0.15, 0.2) is 5.78 Å². The van der Waals surface area contributed by atoms with Gasteiger partial charge < -0.3 is 9.64 Å². The van der Waals surface area contributed by atoms with Gasteiger partial charge in [-0.2, -0.15) is 0 Å². The number of para-hydroxylation sites is 1. The molecule has 0 aliphatic carbocycles. The van der Waals surface area contributed by atoms with Gasteiger partial charge in [-0.25, -0.2) is 0 Å². The average Bonchev–Trinajstić information content (AvgIpc) is 2.68. The zero-order valence-corrected chi connectivity index (χ0v) is 16.1. The minimum Gasteiger partial charge on any atom is -0.457 e. The van der Waals surface area contributed by atoms with Gasteiger partial charge in [0.05, 0.1) is 0 Å². The van der Waals surface area contributed by atoms with Crippen molar-refractivity contribution >= 4 is 11.7 Å². The lowest BCUT2D eigenvalue weighted by Gasteiger charge is -2.32. The van der Waals surface area contributed by atoms with E-state index in [9.17, 15) is 9.59 Å². The first-order valence-electron chi connectivity index (χ1n) is 9.68. The first kappa shape index (κ1) is 19.2. The van der Waals surface area contributed by atoms with Crippen molar-refractivity contribution in [2.24, 2.45) is 11.8 Å². The van der Waals surface area contributed by atoms with Crippen LogP contribution >= 0.6 is 0 Å². The summed E-state index contributed by atoms with van der Waals surface area (Å²) in [6.45, 7) is 5.39. The molecular weight excluding hydrogens is 338 g/mol. The number of ketones is 1. The van der Waals surface area contributed by atoms with Crippen molar-refractivity contribution in [2.75, 3.05) is 13.1 Å². The molecule has 142 valence electrons. The van der Waals surface area contributed by atoms with E-state index in [4.69, 9.17) is 4.74 Å². The number of hydrogen-bond acceptors (Lipinski definition) is 3. The smallest absolute Gasteiger partial charge is 0.222 e. The summed E-state index contributed by atoms with van der Waals surface area (Å²) in [6, 6.07) is 16.8. The number of nitrogens with zero attached hydrogens (tertiary/aromatic N) is 1. The molecule has 1 atom stereocenters. The summed E-state index contributed by atoms with van der Waals surface area (Å²) in [6.07, 6.45) is 2.27. The van der Waals surface area contributed by atoms with Gasteiger partial charge in [-0.1, -0.05) is 32.0 Å². The standard InChI is InChI=1S/C23H27NO3/c1-17(2)15-22(25)24-14-6-7-19(16-24)23(26)18-10-12-21(13-11-18)27-20-8-4-3-5-9-20/h3-5,8-13,17,19H,6-7,14-16H2,1-2H3. The minimum atomic E-state index is -0.115. The Balaban J connectivity index is 1.62. The highest BCUT2D eigenvalue weighted by molar-refractivity contribution is 5.98. The summed E-state index contributed by atoms with van der Waals surface area (Å²) in [5.74, 6) is 1.97. The molecule has 0 bridgehead atoms. The largest absolute Gasteiger partial charge is 0.457 e. The lowest BCUT2D eigenvalue weighted by molar-refractivity contribution is -0.133. The Morgan fingerprint density at radius 3 is 2.37 bits per heavy atom. The monoisotopic (exact) mass is 365 g/mol. The SMILES string of the molecule is CC(C)CC(=O)N1CCCC(C(=O)c2ccc(Oc3ccccc3)cc2)C1. The summed E-state index contributed by atoms with van der Waals surface area (Å²) < 4.78 is 5.78. The van der Waals surface area contributed by atoms with E-state index in [2.05, 4.69) is 0 Å². The van der Waals surface area contributed by atoms with Crippen molar-refractivity contribution in [3.05, 3.63) is 60.2 Å². The second-order valence-electron chi connectivity index (χ2n) is 7.58. The van der Waals surface area contributed by atoms with Gasteiger partial charge in [0.1, 0.15) is 11.5 Å². The van der Waals surface area contributed by atoms with Crippen molar-refractivity contribution in [1.29, 1.82) is 0 Å². The third kappa shape index (κ3) is 5.19. The molecule has 1 saturated heterocycles. The number of ether oxygens (including phenoxy) is 1. The van der Waals surface area contributed by atoms with Crippen LogP contribution in [0.25, 0.3) is 0 Å². The Morgan fingerprint density at radius 2 is 1.70 bits per heavy atom. The van der Waals surface area contributed by atoms with E-state index in [1.807, 2.05) is 73.3 Å². The van der Waals surface area contributed by atoms with Crippen molar-refractivity contribution in [2.45, 2.75) is 33.1 Å². The summed E-state index contributed by atoms with van der Waals surface area (Å²) in [4.78, 5) is 27.1. The molecule has 1 unspecified atom stereocenters. The molecule has 2 aromatic rings. The van der Waals surface area contributed by atoms with Crippen LogP contribution in [0.4, 0.5) is 0 Å². The number of rotatable bonds is 6. The van der Waals surface area contributed by atoms with Crippen molar-refractivity contribution < 1.29 is 14.3 Å². The highest BCUT2D eigenvalue weighted by Gasteiger charge is 2.29. The van der Waals surface area contributed by atoms with Crippen LogP contribution in [0.15, 0.2) is 54.6 Å². The Kier molecular flexibility index (Phi) is 6.28. The molecule has 0 N–H and O–H groups in total. The van der Waals surface area contributed by atoms with Crippen molar-refractivity contribution in [1.82, 2.24) is 4.90 Å². The lowest BCUT2D eigenvalue weighted by atomic mass is 9.89. The fourth-order valence-corrected chi connectivity index (χ4v) is 3.44. The Morgan fingerprint density at radius 1 is 1.04 bits per heavy atom. The van der Waals surface area contributed by atoms with E-state index in [1.165, 1.54) is 0 Å². The second-order valence-corrected chi connectivity index (χ2v) is 7.58. The van der Waals surface area contributed by atoms with Crippen molar-refractivity contribution in [3.8, 4) is 11.5 Å². The number of carbonyl (C=O) groups excluding carboxylic acids is 2. The molecule has 1 heterocycles. The first-order chi connectivity index (χ1) is 13.0. The normalized spacial score (nSPS) is 17.0. The van der Waals surface area contributed by atoms with Gasteiger partial charge >= 0.3 is 0 Å². The van der Waals surface area contributed by atoms with Gasteiger partial charge in [-0.15, -0.1) is 0 Å². The molecule has 1 fully saturated rings. The Labute approximate surface area is 161 Å². The van der Waals surface area contributed by atoms with Gasteiger partial charge in [-0.05, 0) is 55.2 Å². The molecule has 0 spiro atoms. The van der Waals surface area contributed by atoms with E-state index in [0.717, 1.165) is 25.1 Å². The van der Waals surface area contributed by atoms with Crippen LogP contribution in [0.1, 0.15) is 43.5 Å². The Bertz CT molecular complexity index is 768. The number of hydrogen-bond donors (Lipinski definition) is 0. The van der Waals surface area contributed by atoms with E-state index >= 15 is 0 Å². The minimum absolute atomic E-state index is 0.114. The van der Waals surface area contributed by atoms with Crippen LogP contribution in [0, 0.1) is 11.8 Å². The van der Waals surface area contributed by atoms with E-state index < -0.39 is 0 Å². The highest BCUT2D eigenvalue weighted by Crippen LogP contribution is 2.25. The lowest BCUT2D eigenvalue weighted by Crippen LogP contribution is -2.42. The number of benzene rings is 2. The molecule has 1 amide bonds. The van der Waals surface area contributed by atoms with Crippen LogP contribution in [0.5, 0.6) is 11.5 Å². The summed E-state index contributed by atoms with van der Waals surface area (Å²) in [5, 5.41) is 0. The fourth-order valence-electron chi connectivity index (χ4n) is 3.44. The second kappa shape index (κ2) is 8.85. The van der Waals surface area contributed by atoms with Gasteiger partial charge in [-0.3, -0.25) is 9.59 Å². The molecule has 3 rings (SSSR count). The maximum atomic E-state index is 12.9. The first-order valence-corrected chi connectivity index (χ1v) is 9.68. The molecule has 4 nitrogen and oxygen atoms in total. The third-order valence-corrected chi connectivity index (χ3v) is 4.85. The number of piperidine rings is 1. The number of likely N-dealkylation sites (tertiary alicyclic amines) is 1. The number of carbonyl (C=O) groups is 2. The predicted octanol–water partition coefficient (Wildman–Crippen LogP) is 4.95. The molecule has 0 saturated carbocycles. The Hall–Kier alpha value is -2.62. The van der Waals surface area contributed by atoms with Crippen LogP contribution in [-0.2, 0) is 4.79 Å². The zero-order valence-electron chi connectivity index (χ0n) is 16.1. The molecule has 0 radical (unpaired) electrons. The van der Waals surface area contributed by atoms with Gasteiger partial charge in [0.25, 0.3) is 0 Å². The highest BCUT2D eigenvalue weighted by atomic mass is 16.5. The van der Waals surface area contributed by atoms with E-state index in [0.29, 0.717) is 30.2 Å². The average molecular weight is 365 g/mol. The summed E-state index contributed by atoms with van der Waals surface area (Å²) in [7, 11) is 0. The van der Waals surface area contributed by atoms with Crippen LogP contribution in [0.2, 0.25) is 0 Å². The zero-order chi connectivity index (χ0) is 19.2. The maximum Gasteiger partial charge on any atom is 0.222 e. The van der Waals surface area contributed by atoms with Crippen LogP contribution in [-0.4, -0.2) is 29.7 Å². The predicted molar refractivity (Wildman–Crippen MR) is 106 cm³/mol. The number of amides is 1. The van der Waals surface area contributed by atoms with Gasteiger partial charge in [0.2, 0.25) is 5.91 Å². The third-order valence-electron chi connectivity index (χ3n) is 4.85. The summed E-state index contributed by atoms with van der Waals surface area (Å²) in [5.41, 5.74) is 0.679. The molecule has 4 heteroatoms. The van der Waals surface area contributed by atoms with E-state index in [-0.39, 0.29) is 17.6 Å². The fraction of sp³-hybridized carbons (Fsp3) is 0.391. The molecule has 1 aliphatic heterocycles. The maximum absolute atomic E-state index is 12.9.